The van der Waals surface area contributed by atoms with Gasteiger partial charge in [0.1, 0.15) is 11.3 Å². The molecule has 1 aliphatic rings. The fraction of sp³-hybridized carbons (Fsp3) is 0.529. The molecule has 2 atom stereocenters. The number of hydrogen-bond donors (Lipinski definition) is 1. The van der Waals surface area contributed by atoms with Crippen molar-refractivity contribution < 1.29 is 4.42 Å². The second-order valence-corrected chi connectivity index (χ2v) is 6.38. The molecule has 1 aliphatic heterocycles. The number of likely N-dealkylation sites (N-methyl/N-ethyl adjacent to an activating group) is 2. The van der Waals surface area contributed by atoms with Gasteiger partial charge in [0.05, 0.1) is 6.04 Å². The molecule has 2 heterocycles. The molecule has 0 aliphatic carbocycles. The quantitative estimate of drug-likeness (QED) is 0.941. The van der Waals surface area contributed by atoms with E-state index >= 15 is 0 Å². The first-order chi connectivity index (χ1) is 10.0. The summed E-state index contributed by atoms with van der Waals surface area (Å²) in [6.07, 6.45) is 0.930. The molecule has 1 aromatic heterocycles. The van der Waals surface area contributed by atoms with E-state index in [1.807, 2.05) is 0 Å². The summed E-state index contributed by atoms with van der Waals surface area (Å²) in [5, 5.41) is 1.15. The second-order valence-electron chi connectivity index (χ2n) is 6.38. The number of nitrogens with zero attached hydrogens (tertiary/aromatic N) is 2. The molecule has 1 aromatic carbocycles. The number of piperazine rings is 1. The van der Waals surface area contributed by atoms with Crippen LogP contribution in [0.15, 0.2) is 28.7 Å². The van der Waals surface area contributed by atoms with Crippen LogP contribution in [0, 0.1) is 6.92 Å². The maximum atomic E-state index is 6.41. The number of rotatable bonds is 3. The van der Waals surface area contributed by atoms with Crippen LogP contribution >= 0.6 is 0 Å². The van der Waals surface area contributed by atoms with Crippen molar-refractivity contribution >= 4 is 11.0 Å². The van der Waals surface area contributed by atoms with Gasteiger partial charge < -0.3 is 20.0 Å². The predicted molar refractivity (Wildman–Crippen MR) is 86.4 cm³/mol. The minimum Gasteiger partial charge on any atom is -0.459 e. The number of aryl methyl sites for hydroxylation is 1. The monoisotopic (exact) mass is 287 g/mol. The van der Waals surface area contributed by atoms with E-state index in [1.54, 1.807) is 0 Å². The van der Waals surface area contributed by atoms with Gasteiger partial charge in [0, 0.05) is 31.1 Å². The average Bonchev–Trinajstić information content (AvgIpc) is 2.88. The molecule has 114 valence electrons. The van der Waals surface area contributed by atoms with Gasteiger partial charge in [0.2, 0.25) is 0 Å². The van der Waals surface area contributed by atoms with Crippen LogP contribution in [0.25, 0.3) is 11.0 Å². The maximum Gasteiger partial charge on any atom is 0.137 e. The zero-order chi connectivity index (χ0) is 15.0. The van der Waals surface area contributed by atoms with E-state index in [0.29, 0.717) is 6.04 Å². The van der Waals surface area contributed by atoms with Crippen molar-refractivity contribution in [2.24, 2.45) is 5.73 Å². The van der Waals surface area contributed by atoms with E-state index in [2.05, 4.69) is 55.1 Å². The number of hydrogen-bond acceptors (Lipinski definition) is 4. The van der Waals surface area contributed by atoms with Crippen LogP contribution in [-0.2, 0) is 0 Å². The molecular weight excluding hydrogens is 262 g/mol. The van der Waals surface area contributed by atoms with Gasteiger partial charge in [-0.25, -0.2) is 0 Å². The normalized spacial score (nSPS) is 22.8. The number of nitrogens with two attached hydrogens (primary N) is 1. The first kappa shape index (κ1) is 14.6. The highest BCUT2D eigenvalue weighted by molar-refractivity contribution is 5.80. The summed E-state index contributed by atoms with van der Waals surface area (Å²) in [6, 6.07) is 8.77. The molecule has 0 amide bonds. The number of furan rings is 1. The van der Waals surface area contributed by atoms with Gasteiger partial charge >= 0.3 is 0 Å². The summed E-state index contributed by atoms with van der Waals surface area (Å²) in [6.45, 7) is 5.38. The van der Waals surface area contributed by atoms with Crippen LogP contribution in [-0.4, -0.2) is 49.6 Å². The lowest BCUT2D eigenvalue weighted by Crippen LogP contribution is -2.50. The van der Waals surface area contributed by atoms with Crippen LogP contribution in [0.2, 0.25) is 0 Å². The molecule has 2 aromatic rings. The Kier molecular flexibility index (Phi) is 4.02. The summed E-state index contributed by atoms with van der Waals surface area (Å²) in [4.78, 5) is 4.79. The third-order valence-corrected chi connectivity index (χ3v) is 4.63. The van der Waals surface area contributed by atoms with Gasteiger partial charge in [-0.1, -0.05) is 18.2 Å². The molecule has 2 unspecified atom stereocenters. The fourth-order valence-corrected chi connectivity index (χ4v) is 3.18. The van der Waals surface area contributed by atoms with Gasteiger partial charge in [0.15, 0.2) is 0 Å². The predicted octanol–water partition coefficient (Wildman–Crippen LogP) is 2.38. The lowest BCUT2D eigenvalue weighted by Gasteiger charge is -2.38. The minimum atomic E-state index is -0.0456. The summed E-state index contributed by atoms with van der Waals surface area (Å²) in [7, 11) is 4.36. The summed E-state index contributed by atoms with van der Waals surface area (Å²) >= 11 is 0. The highest BCUT2D eigenvalue weighted by Crippen LogP contribution is 2.28. The SMILES string of the molecule is Cc1cccc2cc(C(N)CC3CN(C)CCN3C)oc12. The first-order valence-corrected chi connectivity index (χ1v) is 7.68. The molecule has 21 heavy (non-hydrogen) atoms. The van der Waals surface area contributed by atoms with Gasteiger partial charge in [-0.15, -0.1) is 0 Å². The number of fused-ring (bicyclic) bond motifs is 1. The highest BCUT2D eigenvalue weighted by atomic mass is 16.3. The Bertz CT molecular complexity index is 622. The molecule has 2 N–H and O–H groups in total. The molecular formula is C17H25N3O. The molecule has 1 saturated heterocycles. The fourth-order valence-electron chi connectivity index (χ4n) is 3.18. The molecule has 3 rings (SSSR count). The Hall–Kier alpha value is -1.36. The summed E-state index contributed by atoms with van der Waals surface area (Å²) < 4.78 is 6.01. The topological polar surface area (TPSA) is 45.6 Å². The van der Waals surface area contributed by atoms with Crippen molar-refractivity contribution in [2.75, 3.05) is 33.7 Å². The van der Waals surface area contributed by atoms with Gasteiger partial charge in [-0.2, -0.15) is 0 Å². The zero-order valence-corrected chi connectivity index (χ0v) is 13.2. The summed E-state index contributed by atoms with van der Waals surface area (Å²) in [5.41, 5.74) is 8.55. The van der Waals surface area contributed by atoms with Crippen molar-refractivity contribution in [1.29, 1.82) is 0 Å². The first-order valence-electron chi connectivity index (χ1n) is 7.68. The molecule has 4 nitrogen and oxygen atoms in total. The molecule has 0 bridgehead atoms. The maximum absolute atomic E-state index is 6.41. The Morgan fingerprint density at radius 3 is 2.90 bits per heavy atom. The van der Waals surface area contributed by atoms with E-state index in [4.69, 9.17) is 10.2 Å². The third kappa shape index (κ3) is 2.98. The van der Waals surface area contributed by atoms with Crippen LogP contribution in [0.5, 0.6) is 0 Å². The summed E-state index contributed by atoms with van der Waals surface area (Å²) in [5.74, 6) is 0.904. The van der Waals surface area contributed by atoms with E-state index in [1.165, 1.54) is 5.56 Å². The zero-order valence-electron chi connectivity index (χ0n) is 13.2. The van der Waals surface area contributed by atoms with Crippen LogP contribution in [0.1, 0.15) is 23.8 Å². The average molecular weight is 287 g/mol. The minimum absolute atomic E-state index is 0.0456. The van der Waals surface area contributed by atoms with Gasteiger partial charge in [-0.3, -0.25) is 0 Å². The van der Waals surface area contributed by atoms with Crippen LogP contribution in [0.4, 0.5) is 0 Å². The van der Waals surface area contributed by atoms with E-state index in [-0.39, 0.29) is 6.04 Å². The Morgan fingerprint density at radius 2 is 2.14 bits per heavy atom. The lowest BCUT2D eigenvalue weighted by atomic mass is 10.0. The van der Waals surface area contributed by atoms with Gasteiger partial charge in [-0.05, 0) is 39.1 Å². The Morgan fingerprint density at radius 1 is 1.33 bits per heavy atom. The third-order valence-electron chi connectivity index (χ3n) is 4.63. The van der Waals surface area contributed by atoms with E-state index in [9.17, 15) is 0 Å². The number of para-hydroxylation sites is 1. The number of benzene rings is 1. The molecule has 4 heteroatoms. The molecule has 0 radical (unpaired) electrons. The van der Waals surface area contributed by atoms with Crippen molar-refractivity contribution in [3.63, 3.8) is 0 Å². The smallest absolute Gasteiger partial charge is 0.137 e. The Labute approximate surface area is 126 Å². The molecule has 0 saturated carbocycles. The van der Waals surface area contributed by atoms with Crippen LogP contribution < -0.4 is 5.73 Å². The molecule has 1 fully saturated rings. The van der Waals surface area contributed by atoms with Crippen molar-refractivity contribution in [1.82, 2.24) is 9.80 Å². The largest absolute Gasteiger partial charge is 0.459 e. The second kappa shape index (κ2) is 5.79. The lowest BCUT2D eigenvalue weighted by molar-refractivity contribution is 0.102. The van der Waals surface area contributed by atoms with E-state index < -0.39 is 0 Å². The van der Waals surface area contributed by atoms with Crippen molar-refractivity contribution in [3.8, 4) is 0 Å². The highest BCUT2D eigenvalue weighted by Gasteiger charge is 2.25. The van der Waals surface area contributed by atoms with Crippen LogP contribution in [0.3, 0.4) is 0 Å². The molecule has 0 spiro atoms. The standard InChI is InChI=1S/C17H25N3O/c1-12-5-4-6-13-9-16(21-17(12)13)15(18)10-14-11-19(2)7-8-20(14)3/h4-6,9,14-15H,7-8,10-11,18H2,1-3H3. The van der Waals surface area contributed by atoms with Crippen molar-refractivity contribution in [2.45, 2.75) is 25.4 Å². The van der Waals surface area contributed by atoms with Crippen molar-refractivity contribution in [3.05, 3.63) is 35.6 Å². The Balaban J connectivity index is 1.77. The van der Waals surface area contributed by atoms with E-state index in [0.717, 1.165) is 42.8 Å². The van der Waals surface area contributed by atoms with Gasteiger partial charge in [0.25, 0.3) is 0 Å².